The van der Waals surface area contributed by atoms with Crippen molar-refractivity contribution >= 4 is 17.4 Å². The third kappa shape index (κ3) is 3.47. The molecule has 1 aromatic heterocycles. The first-order valence-electron chi connectivity index (χ1n) is 5.39. The van der Waals surface area contributed by atoms with Gasteiger partial charge in [-0.1, -0.05) is 17.7 Å². The zero-order chi connectivity index (χ0) is 12.1. The fraction of sp³-hybridized carbons (Fsp3) is 0.154. The third-order valence-corrected chi connectivity index (χ3v) is 3.39. The first-order chi connectivity index (χ1) is 8.28. The predicted octanol–water partition coefficient (Wildman–Crippen LogP) is 2.97. The first-order valence-corrected chi connectivity index (χ1v) is 6.37. The number of hydrazine groups is 1. The van der Waals surface area contributed by atoms with Gasteiger partial charge in [0.1, 0.15) is 0 Å². The van der Waals surface area contributed by atoms with Gasteiger partial charge < -0.3 is 5.43 Å². The summed E-state index contributed by atoms with van der Waals surface area (Å²) in [4.78, 5) is 5.57. The molecular formula is C13H15N3S. The molecule has 3 N–H and O–H groups in total. The lowest BCUT2D eigenvalue weighted by molar-refractivity contribution is 1.16. The number of pyridine rings is 1. The molecule has 0 aliphatic rings. The zero-order valence-corrected chi connectivity index (χ0v) is 10.5. The molecule has 1 aromatic carbocycles. The molecule has 88 valence electrons. The number of nitrogens with zero attached hydrogens (tertiary/aromatic N) is 1. The van der Waals surface area contributed by atoms with Crippen LogP contribution in [-0.4, -0.2) is 4.98 Å². The van der Waals surface area contributed by atoms with Crippen molar-refractivity contribution in [2.75, 3.05) is 5.43 Å². The second-order valence-corrected chi connectivity index (χ2v) is 4.83. The Kier molecular flexibility index (Phi) is 4.01. The monoisotopic (exact) mass is 245 g/mol. The number of nitrogens with one attached hydrogen (secondary N) is 1. The number of thioether (sulfide) groups is 1. The lowest BCUT2D eigenvalue weighted by atomic mass is 10.2. The highest BCUT2D eigenvalue weighted by molar-refractivity contribution is 7.98. The topological polar surface area (TPSA) is 50.9 Å². The fourth-order valence-electron chi connectivity index (χ4n) is 1.51. The molecule has 2 rings (SSSR count). The SMILES string of the molecule is Cc1cccc(SCc2cc(NN)ccn2)c1. The van der Waals surface area contributed by atoms with E-state index in [-0.39, 0.29) is 0 Å². The number of anilines is 1. The number of hydrogen-bond acceptors (Lipinski definition) is 4. The van der Waals surface area contributed by atoms with Crippen molar-refractivity contribution in [2.24, 2.45) is 5.84 Å². The van der Waals surface area contributed by atoms with Crippen molar-refractivity contribution in [1.82, 2.24) is 4.98 Å². The van der Waals surface area contributed by atoms with E-state index in [1.165, 1.54) is 10.5 Å². The van der Waals surface area contributed by atoms with Crippen LogP contribution in [0.25, 0.3) is 0 Å². The van der Waals surface area contributed by atoms with Gasteiger partial charge in [-0.25, -0.2) is 0 Å². The van der Waals surface area contributed by atoms with Gasteiger partial charge in [0.2, 0.25) is 0 Å². The van der Waals surface area contributed by atoms with Crippen LogP contribution in [0.15, 0.2) is 47.5 Å². The van der Waals surface area contributed by atoms with E-state index >= 15 is 0 Å². The Morgan fingerprint density at radius 3 is 2.94 bits per heavy atom. The van der Waals surface area contributed by atoms with Crippen molar-refractivity contribution in [1.29, 1.82) is 0 Å². The molecule has 0 saturated carbocycles. The molecular weight excluding hydrogens is 230 g/mol. The highest BCUT2D eigenvalue weighted by atomic mass is 32.2. The van der Waals surface area contributed by atoms with Gasteiger partial charge in [-0.2, -0.15) is 0 Å². The number of rotatable bonds is 4. The molecule has 1 heterocycles. The van der Waals surface area contributed by atoms with Crippen LogP contribution in [0.3, 0.4) is 0 Å². The van der Waals surface area contributed by atoms with Crippen molar-refractivity contribution in [3.63, 3.8) is 0 Å². The highest BCUT2D eigenvalue weighted by Crippen LogP contribution is 2.23. The molecule has 4 heteroatoms. The van der Waals surface area contributed by atoms with Crippen molar-refractivity contribution in [3.8, 4) is 0 Å². The average Bonchev–Trinajstić information content (AvgIpc) is 2.37. The van der Waals surface area contributed by atoms with E-state index in [2.05, 4.69) is 41.6 Å². The standard InChI is InChI=1S/C13H15N3S/c1-10-3-2-4-13(7-10)17-9-12-8-11(16-14)5-6-15-12/h2-8H,9,14H2,1H3,(H,15,16). The summed E-state index contributed by atoms with van der Waals surface area (Å²) in [6.45, 7) is 2.10. The maximum absolute atomic E-state index is 5.36. The highest BCUT2D eigenvalue weighted by Gasteiger charge is 1.99. The van der Waals surface area contributed by atoms with Gasteiger partial charge in [-0.3, -0.25) is 10.8 Å². The molecule has 0 saturated heterocycles. The Balaban J connectivity index is 2.02. The minimum atomic E-state index is 0.846. The van der Waals surface area contributed by atoms with E-state index in [0.717, 1.165) is 17.1 Å². The first kappa shape index (κ1) is 12.0. The maximum atomic E-state index is 5.36. The number of aromatic nitrogens is 1. The Labute approximate surface area is 105 Å². The number of benzene rings is 1. The van der Waals surface area contributed by atoms with E-state index in [4.69, 9.17) is 5.84 Å². The summed E-state index contributed by atoms with van der Waals surface area (Å²) in [6, 6.07) is 12.3. The maximum Gasteiger partial charge on any atom is 0.0527 e. The van der Waals surface area contributed by atoms with Gasteiger partial charge in [0.15, 0.2) is 0 Å². The summed E-state index contributed by atoms with van der Waals surface area (Å²) in [5, 5.41) is 0. The second kappa shape index (κ2) is 5.70. The van der Waals surface area contributed by atoms with E-state index in [1.807, 2.05) is 12.1 Å². The Morgan fingerprint density at radius 2 is 2.18 bits per heavy atom. The smallest absolute Gasteiger partial charge is 0.0527 e. The van der Waals surface area contributed by atoms with E-state index in [0.29, 0.717) is 0 Å². The van der Waals surface area contributed by atoms with E-state index in [1.54, 1.807) is 18.0 Å². The minimum absolute atomic E-state index is 0.846. The van der Waals surface area contributed by atoms with E-state index < -0.39 is 0 Å². The number of nitrogens with two attached hydrogens (primary N) is 1. The lowest BCUT2D eigenvalue weighted by Crippen LogP contribution is -2.07. The van der Waals surface area contributed by atoms with Crippen molar-refractivity contribution in [2.45, 2.75) is 17.6 Å². The van der Waals surface area contributed by atoms with Gasteiger partial charge in [0.05, 0.1) is 11.4 Å². The lowest BCUT2D eigenvalue weighted by Gasteiger charge is -2.04. The molecule has 0 aliphatic heterocycles. The second-order valence-electron chi connectivity index (χ2n) is 3.79. The predicted molar refractivity (Wildman–Crippen MR) is 72.8 cm³/mol. The van der Waals surface area contributed by atoms with Crippen LogP contribution in [0.2, 0.25) is 0 Å². The molecule has 0 aliphatic carbocycles. The normalized spacial score (nSPS) is 10.2. The zero-order valence-electron chi connectivity index (χ0n) is 9.68. The van der Waals surface area contributed by atoms with Crippen LogP contribution in [-0.2, 0) is 5.75 Å². The van der Waals surface area contributed by atoms with Crippen LogP contribution in [0, 0.1) is 6.92 Å². The molecule has 0 unspecified atom stereocenters. The van der Waals surface area contributed by atoms with Gasteiger partial charge in [-0.15, -0.1) is 11.8 Å². The Hall–Kier alpha value is -1.52. The molecule has 0 radical (unpaired) electrons. The molecule has 0 atom stereocenters. The van der Waals surface area contributed by atoms with Gasteiger partial charge in [0, 0.05) is 16.8 Å². The summed E-state index contributed by atoms with van der Waals surface area (Å²) in [7, 11) is 0. The van der Waals surface area contributed by atoms with Crippen molar-refractivity contribution < 1.29 is 0 Å². The summed E-state index contributed by atoms with van der Waals surface area (Å²) >= 11 is 1.78. The molecule has 17 heavy (non-hydrogen) atoms. The molecule has 0 spiro atoms. The van der Waals surface area contributed by atoms with Crippen LogP contribution in [0.1, 0.15) is 11.3 Å². The van der Waals surface area contributed by atoms with Gasteiger partial charge >= 0.3 is 0 Å². The van der Waals surface area contributed by atoms with Crippen LogP contribution in [0.4, 0.5) is 5.69 Å². The van der Waals surface area contributed by atoms with E-state index in [9.17, 15) is 0 Å². The Bertz CT molecular complexity index is 500. The summed E-state index contributed by atoms with van der Waals surface area (Å²) in [5.74, 6) is 6.21. The number of aryl methyl sites for hydroxylation is 1. The van der Waals surface area contributed by atoms with Crippen LogP contribution >= 0.6 is 11.8 Å². The van der Waals surface area contributed by atoms with Gasteiger partial charge in [-0.05, 0) is 31.2 Å². The molecule has 0 amide bonds. The van der Waals surface area contributed by atoms with Crippen molar-refractivity contribution in [3.05, 3.63) is 53.9 Å². The molecule has 0 bridgehead atoms. The molecule has 2 aromatic rings. The van der Waals surface area contributed by atoms with Crippen LogP contribution < -0.4 is 11.3 Å². The summed E-state index contributed by atoms with van der Waals surface area (Å²) < 4.78 is 0. The fourth-order valence-corrected chi connectivity index (χ4v) is 2.43. The van der Waals surface area contributed by atoms with Crippen LogP contribution in [0.5, 0.6) is 0 Å². The number of nitrogen functional groups attached to an aromatic ring is 1. The van der Waals surface area contributed by atoms with Gasteiger partial charge in [0.25, 0.3) is 0 Å². The molecule has 3 nitrogen and oxygen atoms in total. The average molecular weight is 245 g/mol. The summed E-state index contributed by atoms with van der Waals surface area (Å²) in [6.07, 6.45) is 1.77. The third-order valence-electron chi connectivity index (χ3n) is 2.36. The quantitative estimate of drug-likeness (QED) is 0.494. The largest absolute Gasteiger partial charge is 0.324 e. The minimum Gasteiger partial charge on any atom is -0.324 e. The number of hydrogen-bond donors (Lipinski definition) is 2. The molecule has 0 fully saturated rings. The summed E-state index contributed by atoms with van der Waals surface area (Å²) in [5.41, 5.74) is 5.81. The Morgan fingerprint density at radius 1 is 1.29 bits per heavy atom.